The molecule has 1 aliphatic rings. The molecular formula is C12H14FNO2. The fourth-order valence-corrected chi connectivity index (χ4v) is 1.73. The van der Waals surface area contributed by atoms with Crippen LogP contribution in [0, 0.1) is 5.82 Å². The second kappa shape index (κ2) is 3.96. The van der Waals surface area contributed by atoms with Crippen LogP contribution in [0.1, 0.15) is 36.0 Å². The summed E-state index contributed by atoms with van der Waals surface area (Å²) in [5, 5.41) is 3.17. The summed E-state index contributed by atoms with van der Waals surface area (Å²) < 4.78 is 19.1. The maximum absolute atomic E-state index is 13.7. The molecule has 0 saturated carbocycles. The van der Waals surface area contributed by atoms with E-state index in [-0.39, 0.29) is 5.54 Å². The number of carbonyl (C=O) groups excluding carboxylic acids is 1. The Labute approximate surface area is 93.6 Å². The van der Waals surface area contributed by atoms with Gasteiger partial charge in [-0.3, -0.25) is 10.1 Å². The molecule has 3 nitrogen and oxygen atoms in total. The number of ether oxygens (including phenoxy) is 1. The zero-order valence-electron chi connectivity index (χ0n) is 9.29. The maximum Gasteiger partial charge on any atom is 0.150 e. The van der Waals surface area contributed by atoms with Gasteiger partial charge in [-0.05, 0) is 19.9 Å². The molecule has 4 heteroatoms. The Kier molecular flexibility index (Phi) is 2.78. The summed E-state index contributed by atoms with van der Waals surface area (Å²) in [7, 11) is 0. The summed E-state index contributed by atoms with van der Waals surface area (Å²) >= 11 is 0. The van der Waals surface area contributed by atoms with E-state index in [1.54, 1.807) is 12.1 Å². The Hall–Kier alpha value is -1.26. The van der Waals surface area contributed by atoms with E-state index >= 15 is 0 Å². The highest BCUT2D eigenvalue weighted by Gasteiger charge is 2.32. The lowest BCUT2D eigenvalue weighted by atomic mass is 10.1. The van der Waals surface area contributed by atoms with E-state index in [0.29, 0.717) is 24.0 Å². The number of hydrogen-bond donors (Lipinski definition) is 1. The first-order valence-electron chi connectivity index (χ1n) is 5.16. The zero-order chi connectivity index (χ0) is 11.8. The Morgan fingerprint density at radius 2 is 2.31 bits per heavy atom. The average molecular weight is 223 g/mol. The number of benzene rings is 1. The Balaban J connectivity index is 2.25. The van der Waals surface area contributed by atoms with Gasteiger partial charge < -0.3 is 4.74 Å². The van der Waals surface area contributed by atoms with E-state index < -0.39 is 12.0 Å². The Morgan fingerprint density at radius 1 is 1.56 bits per heavy atom. The van der Waals surface area contributed by atoms with Gasteiger partial charge in [0.1, 0.15) is 18.3 Å². The van der Waals surface area contributed by atoms with Crippen LogP contribution in [0.5, 0.6) is 0 Å². The van der Waals surface area contributed by atoms with Gasteiger partial charge in [0.2, 0.25) is 0 Å². The van der Waals surface area contributed by atoms with Gasteiger partial charge in [-0.15, -0.1) is 0 Å². The molecule has 1 heterocycles. The molecule has 0 radical (unpaired) electrons. The van der Waals surface area contributed by atoms with E-state index in [1.165, 1.54) is 6.07 Å². The largest absolute Gasteiger partial charge is 0.357 e. The first-order valence-corrected chi connectivity index (χ1v) is 5.16. The molecule has 1 N–H and O–H groups in total. The normalized spacial score (nSPS) is 23.3. The summed E-state index contributed by atoms with van der Waals surface area (Å²) in [6.07, 6.45) is 0.190. The summed E-state index contributed by atoms with van der Waals surface area (Å²) in [6.45, 7) is 4.52. The lowest BCUT2D eigenvalue weighted by Gasteiger charge is -2.17. The Morgan fingerprint density at radius 3 is 2.81 bits per heavy atom. The Bertz CT molecular complexity index is 417. The van der Waals surface area contributed by atoms with Crippen molar-refractivity contribution in [3.05, 3.63) is 35.1 Å². The lowest BCUT2D eigenvalue weighted by molar-refractivity contribution is 0.0959. The molecule has 1 aromatic carbocycles. The number of carbonyl (C=O) groups is 1. The van der Waals surface area contributed by atoms with Crippen LogP contribution < -0.4 is 5.32 Å². The predicted molar refractivity (Wildman–Crippen MR) is 57.7 cm³/mol. The molecule has 0 aliphatic carbocycles. The minimum Gasteiger partial charge on any atom is -0.357 e. The molecule has 0 aromatic heterocycles. The van der Waals surface area contributed by atoms with Gasteiger partial charge >= 0.3 is 0 Å². The van der Waals surface area contributed by atoms with Crippen molar-refractivity contribution in [3.8, 4) is 0 Å². The highest BCUT2D eigenvalue weighted by Crippen LogP contribution is 2.27. The standard InChI is InChI=1S/C12H14FNO2/c1-12(2)7-16-11(14-12)9-4-3-8(6-15)5-10(9)13/h3-6,11,14H,7H2,1-2H3. The van der Waals surface area contributed by atoms with E-state index in [0.717, 1.165) is 0 Å². The van der Waals surface area contributed by atoms with Gasteiger partial charge in [0, 0.05) is 16.7 Å². The smallest absolute Gasteiger partial charge is 0.150 e. The average Bonchev–Trinajstić information content (AvgIpc) is 2.58. The molecule has 1 saturated heterocycles. The highest BCUT2D eigenvalue weighted by atomic mass is 19.1. The van der Waals surface area contributed by atoms with Crippen molar-refractivity contribution in [2.24, 2.45) is 0 Å². The fourth-order valence-electron chi connectivity index (χ4n) is 1.73. The molecule has 1 fully saturated rings. The molecule has 16 heavy (non-hydrogen) atoms. The first-order chi connectivity index (χ1) is 7.52. The molecule has 1 unspecified atom stereocenters. The van der Waals surface area contributed by atoms with Crippen LogP contribution in [0.15, 0.2) is 18.2 Å². The summed E-state index contributed by atoms with van der Waals surface area (Å²) in [6, 6.07) is 4.39. The lowest BCUT2D eigenvalue weighted by Crippen LogP contribution is -2.36. The molecule has 0 bridgehead atoms. The van der Waals surface area contributed by atoms with Crippen molar-refractivity contribution in [1.29, 1.82) is 0 Å². The fraction of sp³-hybridized carbons (Fsp3) is 0.417. The third-order valence-electron chi connectivity index (χ3n) is 2.58. The van der Waals surface area contributed by atoms with E-state index in [4.69, 9.17) is 4.74 Å². The molecule has 0 spiro atoms. The number of halogens is 1. The van der Waals surface area contributed by atoms with Crippen LogP contribution in [0.3, 0.4) is 0 Å². The number of nitrogens with one attached hydrogen (secondary N) is 1. The van der Waals surface area contributed by atoms with Crippen LogP contribution in [0.2, 0.25) is 0 Å². The van der Waals surface area contributed by atoms with Crippen LogP contribution in [0.4, 0.5) is 4.39 Å². The molecule has 1 aliphatic heterocycles. The summed E-state index contributed by atoms with van der Waals surface area (Å²) in [4.78, 5) is 10.5. The van der Waals surface area contributed by atoms with E-state index in [2.05, 4.69) is 5.32 Å². The van der Waals surface area contributed by atoms with E-state index in [1.807, 2.05) is 13.8 Å². The molecule has 1 aromatic rings. The van der Waals surface area contributed by atoms with Crippen molar-refractivity contribution in [3.63, 3.8) is 0 Å². The third-order valence-corrected chi connectivity index (χ3v) is 2.58. The number of aldehydes is 1. The van der Waals surface area contributed by atoms with Crippen LogP contribution in [-0.4, -0.2) is 18.4 Å². The first kappa shape index (κ1) is 11.2. The highest BCUT2D eigenvalue weighted by molar-refractivity contribution is 5.74. The summed E-state index contributed by atoms with van der Waals surface area (Å²) in [5.74, 6) is -0.417. The summed E-state index contributed by atoms with van der Waals surface area (Å²) in [5.41, 5.74) is 0.621. The number of hydrogen-bond acceptors (Lipinski definition) is 3. The molecular weight excluding hydrogens is 209 g/mol. The SMILES string of the molecule is CC1(C)COC(c2ccc(C=O)cc2F)N1. The van der Waals surface area contributed by atoms with Crippen molar-refractivity contribution >= 4 is 6.29 Å². The van der Waals surface area contributed by atoms with E-state index in [9.17, 15) is 9.18 Å². The molecule has 86 valence electrons. The topological polar surface area (TPSA) is 38.3 Å². The van der Waals surface area contributed by atoms with Gasteiger partial charge in [-0.25, -0.2) is 4.39 Å². The van der Waals surface area contributed by atoms with Gasteiger partial charge in [-0.2, -0.15) is 0 Å². The predicted octanol–water partition coefficient (Wildman–Crippen LogP) is 2.04. The minimum atomic E-state index is -0.435. The van der Waals surface area contributed by atoms with Crippen molar-refractivity contribution in [2.75, 3.05) is 6.61 Å². The molecule has 2 rings (SSSR count). The second-order valence-corrected chi connectivity index (χ2v) is 4.62. The van der Waals surface area contributed by atoms with Crippen molar-refractivity contribution in [1.82, 2.24) is 5.32 Å². The van der Waals surface area contributed by atoms with Gasteiger partial charge in [0.05, 0.1) is 6.61 Å². The van der Waals surface area contributed by atoms with Crippen LogP contribution in [-0.2, 0) is 4.74 Å². The van der Waals surface area contributed by atoms with Crippen LogP contribution >= 0.6 is 0 Å². The zero-order valence-corrected chi connectivity index (χ0v) is 9.29. The van der Waals surface area contributed by atoms with Crippen molar-refractivity contribution in [2.45, 2.75) is 25.6 Å². The third kappa shape index (κ3) is 2.13. The van der Waals surface area contributed by atoms with Gasteiger partial charge in [-0.1, -0.05) is 12.1 Å². The minimum absolute atomic E-state index is 0.152. The van der Waals surface area contributed by atoms with Gasteiger partial charge in [0.15, 0.2) is 0 Å². The quantitative estimate of drug-likeness (QED) is 0.780. The number of rotatable bonds is 2. The molecule has 0 amide bonds. The molecule has 1 atom stereocenters. The van der Waals surface area contributed by atoms with Crippen molar-refractivity contribution < 1.29 is 13.9 Å². The monoisotopic (exact) mass is 223 g/mol. The maximum atomic E-state index is 13.7. The van der Waals surface area contributed by atoms with Crippen LogP contribution in [0.25, 0.3) is 0 Å². The van der Waals surface area contributed by atoms with Gasteiger partial charge in [0.25, 0.3) is 0 Å². The second-order valence-electron chi connectivity index (χ2n) is 4.62.